The molecule has 9 aromatic rings. The maximum atomic E-state index is 5.37. The van der Waals surface area contributed by atoms with Crippen molar-refractivity contribution in [2.45, 2.75) is 0 Å². The second-order valence-corrected chi connectivity index (χ2v) is 11.0. The molecule has 44 heavy (non-hydrogen) atoms. The Bertz CT molecular complexity index is 2570. The van der Waals surface area contributed by atoms with E-state index in [1.807, 2.05) is 18.2 Å². The van der Waals surface area contributed by atoms with E-state index in [2.05, 4.69) is 153 Å². The van der Waals surface area contributed by atoms with Crippen LogP contribution in [0.3, 0.4) is 0 Å². The summed E-state index contributed by atoms with van der Waals surface area (Å²) < 4.78 is 9.03. The summed E-state index contributed by atoms with van der Waals surface area (Å²) in [5.41, 5.74) is 10.5. The van der Waals surface area contributed by atoms with Crippen molar-refractivity contribution in [3.05, 3.63) is 152 Å². The largest absolute Gasteiger partial charge is 0.309 e. The fourth-order valence-corrected chi connectivity index (χ4v) is 6.93. The normalized spacial score (nSPS) is 11.8. The molecule has 0 N–H and O–H groups in total. The fourth-order valence-electron chi connectivity index (χ4n) is 6.93. The van der Waals surface area contributed by atoms with Crippen LogP contribution in [0.25, 0.3) is 78.9 Å². The predicted octanol–water partition coefficient (Wildman–Crippen LogP) is 9.61. The topological polar surface area (TPSA) is 32.1 Å². The van der Waals surface area contributed by atoms with Gasteiger partial charge in [0.05, 0.1) is 27.9 Å². The molecular formula is C39H27N5. The molecule has 0 aliphatic heterocycles. The van der Waals surface area contributed by atoms with Gasteiger partial charge in [-0.15, -0.1) is 0 Å². The van der Waals surface area contributed by atoms with E-state index in [9.17, 15) is 0 Å². The molecule has 4 aromatic heterocycles. The van der Waals surface area contributed by atoms with Crippen molar-refractivity contribution in [2.75, 3.05) is 0 Å². The third-order valence-electron chi connectivity index (χ3n) is 8.73. The summed E-state index contributed by atoms with van der Waals surface area (Å²) in [7, 11) is 0. The summed E-state index contributed by atoms with van der Waals surface area (Å²) in [4.78, 5) is 5.37. The molecule has 0 unspecified atom stereocenters. The summed E-state index contributed by atoms with van der Waals surface area (Å²) in [6.45, 7) is 8.47. The van der Waals surface area contributed by atoms with Crippen LogP contribution in [0.4, 0.5) is 0 Å². The van der Waals surface area contributed by atoms with E-state index in [4.69, 9.17) is 4.98 Å². The molecule has 0 bridgehead atoms. The van der Waals surface area contributed by atoms with Gasteiger partial charge in [0.25, 0.3) is 0 Å². The Labute approximate surface area is 253 Å². The Morgan fingerprint density at radius 1 is 0.477 bits per heavy atom. The highest BCUT2D eigenvalue weighted by Gasteiger charge is 2.25. The molecule has 9 rings (SSSR count). The summed E-state index contributed by atoms with van der Waals surface area (Å²) in [5, 5.41) is 3.52. The lowest BCUT2D eigenvalue weighted by molar-refractivity contribution is 1.06. The average molecular weight is 566 g/mol. The van der Waals surface area contributed by atoms with Gasteiger partial charge in [-0.1, -0.05) is 86.0 Å². The maximum Gasteiger partial charge on any atom is 0.222 e. The second kappa shape index (κ2) is 9.21. The first-order chi connectivity index (χ1) is 21.8. The van der Waals surface area contributed by atoms with Crippen LogP contribution in [0.2, 0.25) is 0 Å². The van der Waals surface area contributed by atoms with E-state index in [0.717, 1.165) is 61.8 Å². The van der Waals surface area contributed by atoms with Gasteiger partial charge in [-0.2, -0.15) is 4.98 Å². The van der Waals surface area contributed by atoms with E-state index >= 15 is 0 Å². The lowest BCUT2D eigenvalue weighted by Gasteiger charge is -2.10. The Balaban J connectivity index is 1.39. The Kier molecular flexibility index (Phi) is 5.14. The zero-order chi connectivity index (χ0) is 29.4. The van der Waals surface area contributed by atoms with Crippen molar-refractivity contribution >= 4 is 61.8 Å². The first-order valence-electron chi connectivity index (χ1n) is 14.7. The number of nitrogens with zero attached hydrogens (tertiary/aromatic N) is 5. The SMILES string of the molecule is C=Cc1c(C=C)n2c3c4ccccc4n(-c4ccccc4)c3nc2n1-c1ccc2c(c1)c1ccccc1n2-c1ccccc1. The molecule has 0 aliphatic carbocycles. The predicted molar refractivity (Wildman–Crippen MR) is 183 cm³/mol. The highest BCUT2D eigenvalue weighted by atomic mass is 15.3. The fraction of sp³-hybridized carbons (Fsp3) is 0. The van der Waals surface area contributed by atoms with Gasteiger partial charge >= 0.3 is 0 Å². The van der Waals surface area contributed by atoms with Crippen molar-refractivity contribution < 1.29 is 0 Å². The molecule has 0 amide bonds. The molecule has 0 radical (unpaired) electrons. The van der Waals surface area contributed by atoms with Crippen LogP contribution in [0.1, 0.15) is 11.4 Å². The molecular weight excluding hydrogens is 538 g/mol. The maximum absolute atomic E-state index is 5.37. The van der Waals surface area contributed by atoms with Crippen LogP contribution in [0, 0.1) is 0 Å². The average Bonchev–Trinajstić information content (AvgIpc) is 3.79. The van der Waals surface area contributed by atoms with Gasteiger partial charge in [0.15, 0.2) is 5.65 Å². The van der Waals surface area contributed by atoms with Gasteiger partial charge in [0.2, 0.25) is 5.78 Å². The second-order valence-electron chi connectivity index (χ2n) is 11.0. The van der Waals surface area contributed by atoms with E-state index in [0.29, 0.717) is 0 Å². The Hall–Kier alpha value is -6.07. The molecule has 0 aliphatic rings. The van der Waals surface area contributed by atoms with Gasteiger partial charge in [0.1, 0.15) is 5.52 Å². The minimum atomic E-state index is 0.821. The summed E-state index contributed by atoms with van der Waals surface area (Å²) >= 11 is 0. The summed E-state index contributed by atoms with van der Waals surface area (Å²) in [6.07, 6.45) is 3.82. The number of benzene rings is 5. The number of para-hydroxylation sites is 4. The first-order valence-corrected chi connectivity index (χ1v) is 14.7. The van der Waals surface area contributed by atoms with Crippen molar-refractivity contribution in [2.24, 2.45) is 0 Å². The molecule has 0 saturated carbocycles. The zero-order valence-corrected chi connectivity index (χ0v) is 23.9. The third kappa shape index (κ3) is 3.21. The summed E-state index contributed by atoms with van der Waals surface area (Å²) in [5.74, 6) is 0.821. The standard InChI is InChI=1S/C39H27N5/c1-3-32-33(4-2)44-37-30-20-12-14-22-35(30)42(27-17-9-6-10-18-27)38(37)40-39(44)43(32)28-23-24-36-31(25-28)29-19-11-13-21-34(29)41(36)26-15-7-5-8-16-26/h3-25H,1-2H2. The van der Waals surface area contributed by atoms with E-state index < -0.39 is 0 Å². The van der Waals surface area contributed by atoms with E-state index in [1.54, 1.807) is 0 Å². The van der Waals surface area contributed by atoms with E-state index in [-0.39, 0.29) is 0 Å². The van der Waals surface area contributed by atoms with Gasteiger partial charge in [-0.3, -0.25) is 13.5 Å². The van der Waals surface area contributed by atoms with Gasteiger partial charge < -0.3 is 4.57 Å². The lowest BCUT2D eigenvalue weighted by Crippen LogP contribution is -1.99. The van der Waals surface area contributed by atoms with Crippen molar-refractivity contribution in [3.63, 3.8) is 0 Å². The number of rotatable bonds is 5. The van der Waals surface area contributed by atoms with E-state index in [1.165, 1.54) is 16.3 Å². The number of fused-ring (bicyclic) bond motifs is 8. The molecule has 0 atom stereocenters. The van der Waals surface area contributed by atoms with Gasteiger partial charge in [0, 0.05) is 33.2 Å². The number of hydrogen-bond donors (Lipinski definition) is 0. The number of hydrogen-bond acceptors (Lipinski definition) is 1. The Morgan fingerprint density at radius 2 is 1.05 bits per heavy atom. The quantitative estimate of drug-likeness (QED) is 0.204. The van der Waals surface area contributed by atoms with Crippen LogP contribution in [0.5, 0.6) is 0 Å². The molecule has 0 fully saturated rings. The first kappa shape index (κ1) is 24.5. The lowest BCUT2D eigenvalue weighted by atomic mass is 10.1. The van der Waals surface area contributed by atoms with Crippen molar-refractivity contribution in [3.8, 4) is 17.1 Å². The molecule has 4 heterocycles. The Morgan fingerprint density at radius 3 is 1.73 bits per heavy atom. The minimum Gasteiger partial charge on any atom is -0.309 e. The number of aromatic nitrogens is 5. The minimum absolute atomic E-state index is 0.821. The summed E-state index contributed by atoms with van der Waals surface area (Å²) in [6, 6.07) is 44.8. The van der Waals surface area contributed by atoms with Gasteiger partial charge in [-0.05, 0) is 66.7 Å². The smallest absolute Gasteiger partial charge is 0.222 e. The number of imidazole rings is 2. The molecule has 0 spiro atoms. The van der Waals surface area contributed by atoms with Gasteiger partial charge in [-0.25, -0.2) is 0 Å². The van der Waals surface area contributed by atoms with Crippen molar-refractivity contribution in [1.29, 1.82) is 0 Å². The molecule has 5 nitrogen and oxygen atoms in total. The van der Waals surface area contributed by atoms with Crippen LogP contribution >= 0.6 is 0 Å². The third-order valence-corrected chi connectivity index (χ3v) is 8.73. The van der Waals surface area contributed by atoms with Crippen molar-refractivity contribution in [1.82, 2.24) is 23.1 Å². The van der Waals surface area contributed by atoms with Crippen LogP contribution in [-0.2, 0) is 0 Å². The highest BCUT2D eigenvalue weighted by Crippen LogP contribution is 2.38. The molecule has 208 valence electrons. The molecule has 5 aromatic carbocycles. The molecule has 0 saturated heterocycles. The monoisotopic (exact) mass is 565 g/mol. The van der Waals surface area contributed by atoms with Crippen LogP contribution in [-0.4, -0.2) is 23.1 Å². The van der Waals surface area contributed by atoms with Crippen LogP contribution < -0.4 is 0 Å². The van der Waals surface area contributed by atoms with Crippen LogP contribution in [0.15, 0.2) is 141 Å². The highest BCUT2D eigenvalue weighted by molar-refractivity contribution is 6.10. The zero-order valence-electron chi connectivity index (χ0n) is 23.9. The molecule has 5 heteroatoms.